The SMILES string of the molecule is C[C@@H](C(=O)Nc1ccccc1[N+](=O)[O-])N(C)CC(=O)Nc1ccc(F)cc1. The van der Waals surface area contributed by atoms with E-state index in [2.05, 4.69) is 10.6 Å². The van der Waals surface area contributed by atoms with E-state index in [9.17, 15) is 24.1 Å². The lowest BCUT2D eigenvalue weighted by molar-refractivity contribution is -0.383. The number of rotatable bonds is 7. The lowest BCUT2D eigenvalue weighted by atomic mass is 10.2. The second-order valence-electron chi connectivity index (χ2n) is 5.91. The summed E-state index contributed by atoms with van der Waals surface area (Å²) >= 11 is 0. The predicted molar refractivity (Wildman–Crippen MR) is 98.8 cm³/mol. The smallest absolute Gasteiger partial charge is 0.292 e. The van der Waals surface area contributed by atoms with Gasteiger partial charge in [0.2, 0.25) is 11.8 Å². The Balaban J connectivity index is 1.94. The Kier molecular flexibility index (Phi) is 6.56. The maximum absolute atomic E-state index is 12.9. The third-order valence-electron chi connectivity index (χ3n) is 3.92. The first-order chi connectivity index (χ1) is 12.8. The van der Waals surface area contributed by atoms with Crippen LogP contribution in [0, 0.1) is 15.9 Å². The van der Waals surface area contributed by atoms with Gasteiger partial charge in [-0.15, -0.1) is 0 Å². The van der Waals surface area contributed by atoms with Crippen molar-refractivity contribution in [2.75, 3.05) is 24.2 Å². The standard InChI is InChI=1S/C18H19FN4O4/c1-12(18(25)21-15-5-3-4-6-16(15)23(26)27)22(2)11-17(24)20-14-9-7-13(19)8-10-14/h3-10,12H,11H2,1-2H3,(H,20,24)(H,21,25)/t12-/m0/s1. The average molecular weight is 374 g/mol. The number of nitro groups is 1. The van der Waals surface area contributed by atoms with E-state index in [0.717, 1.165) is 0 Å². The van der Waals surface area contributed by atoms with Crippen molar-refractivity contribution in [2.24, 2.45) is 0 Å². The summed E-state index contributed by atoms with van der Waals surface area (Å²) in [5.41, 5.74) is 0.310. The zero-order valence-electron chi connectivity index (χ0n) is 14.8. The van der Waals surface area contributed by atoms with Crippen molar-refractivity contribution in [3.8, 4) is 0 Å². The number of anilines is 2. The molecule has 0 aliphatic rings. The van der Waals surface area contributed by atoms with Crippen molar-refractivity contribution >= 4 is 28.9 Å². The van der Waals surface area contributed by atoms with Gasteiger partial charge in [0.05, 0.1) is 17.5 Å². The third-order valence-corrected chi connectivity index (χ3v) is 3.92. The molecule has 0 radical (unpaired) electrons. The quantitative estimate of drug-likeness (QED) is 0.573. The molecule has 0 heterocycles. The third kappa shape index (κ3) is 5.58. The number of benzene rings is 2. The molecule has 1 atom stereocenters. The lowest BCUT2D eigenvalue weighted by Gasteiger charge is -2.23. The largest absolute Gasteiger partial charge is 0.325 e. The summed E-state index contributed by atoms with van der Waals surface area (Å²) in [6.45, 7) is 1.48. The fourth-order valence-electron chi connectivity index (χ4n) is 2.27. The second kappa shape index (κ2) is 8.86. The van der Waals surface area contributed by atoms with Crippen LogP contribution in [-0.4, -0.2) is 41.3 Å². The van der Waals surface area contributed by atoms with E-state index in [1.807, 2.05) is 0 Å². The Hall–Kier alpha value is -3.33. The van der Waals surface area contributed by atoms with Gasteiger partial charge in [-0.3, -0.25) is 24.6 Å². The number of nitrogens with one attached hydrogen (secondary N) is 2. The normalized spacial score (nSPS) is 11.7. The zero-order valence-corrected chi connectivity index (χ0v) is 14.8. The Morgan fingerprint density at radius 2 is 1.78 bits per heavy atom. The van der Waals surface area contributed by atoms with Crippen LogP contribution < -0.4 is 10.6 Å². The number of hydrogen-bond acceptors (Lipinski definition) is 5. The van der Waals surface area contributed by atoms with Gasteiger partial charge in [0.1, 0.15) is 11.5 Å². The molecule has 0 aliphatic carbocycles. The van der Waals surface area contributed by atoms with Crippen LogP contribution in [0.4, 0.5) is 21.5 Å². The Labute approximate surface area is 155 Å². The van der Waals surface area contributed by atoms with Gasteiger partial charge in [-0.2, -0.15) is 0 Å². The molecule has 2 aromatic carbocycles. The molecule has 8 nitrogen and oxygen atoms in total. The number of halogens is 1. The summed E-state index contributed by atoms with van der Waals surface area (Å²) in [7, 11) is 1.58. The Bertz CT molecular complexity index is 842. The van der Waals surface area contributed by atoms with Gasteiger partial charge in [0.25, 0.3) is 5.69 Å². The fraction of sp³-hybridized carbons (Fsp3) is 0.222. The first-order valence-corrected chi connectivity index (χ1v) is 8.08. The van der Waals surface area contributed by atoms with E-state index in [1.54, 1.807) is 20.0 Å². The summed E-state index contributed by atoms with van der Waals surface area (Å²) in [5, 5.41) is 16.1. The molecule has 0 spiro atoms. The zero-order chi connectivity index (χ0) is 20.0. The van der Waals surface area contributed by atoms with Crippen LogP contribution in [0.1, 0.15) is 6.92 Å². The van der Waals surface area contributed by atoms with Crippen LogP contribution in [0.15, 0.2) is 48.5 Å². The molecule has 0 aliphatic heterocycles. The van der Waals surface area contributed by atoms with Crippen LogP contribution >= 0.6 is 0 Å². The van der Waals surface area contributed by atoms with E-state index in [1.165, 1.54) is 47.4 Å². The summed E-state index contributed by atoms with van der Waals surface area (Å²) in [6.07, 6.45) is 0. The molecule has 142 valence electrons. The van der Waals surface area contributed by atoms with Gasteiger partial charge >= 0.3 is 0 Å². The van der Waals surface area contributed by atoms with Crippen LogP contribution in [0.25, 0.3) is 0 Å². The van der Waals surface area contributed by atoms with Crippen LogP contribution in [0.2, 0.25) is 0 Å². The van der Waals surface area contributed by atoms with Crippen molar-refractivity contribution in [3.63, 3.8) is 0 Å². The highest BCUT2D eigenvalue weighted by Gasteiger charge is 2.23. The summed E-state index contributed by atoms with van der Waals surface area (Å²) in [5.74, 6) is -1.28. The second-order valence-corrected chi connectivity index (χ2v) is 5.91. The highest BCUT2D eigenvalue weighted by atomic mass is 19.1. The van der Waals surface area contributed by atoms with Gasteiger partial charge in [-0.25, -0.2) is 4.39 Å². The van der Waals surface area contributed by atoms with Crippen molar-refractivity contribution in [3.05, 3.63) is 64.5 Å². The molecular formula is C18H19FN4O4. The number of hydrogen-bond donors (Lipinski definition) is 2. The number of para-hydroxylation sites is 2. The van der Waals surface area contributed by atoms with Crippen molar-refractivity contribution in [1.29, 1.82) is 0 Å². The van der Waals surface area contributed by atoms with Crippen molar-refractivity contribution < 1.29 is 18.9 Å². The first kappa shape index (κ1) is 20.0. The maximum Gasteiger partial charge on any atom is 0.292 e. The molecule has 2 rings (SSSR count). The molecule has 0 unspecified atom stereocenters. The van der Waals surface area contributed by atoms with Crippen LogP contribution in [-0.2, 0) is 9.59 Å². The van der Waals surface area contributed by atoms with E-state index in [0.29, 0.717) is 5.69 Å². The van der Waals surface area contributed by atoms with E-state index in [4.69, 9.17) is 0 Å². The van der Waals surface area contributed by atoms with Crippen molar-refractivity contribution in [2.45, 2.75) is 13.0 Å². The molecule has 27 heavy (non-hydrogen) atoms. The number of amides is 2. The molecule has 0 bridgehead atoms. The van der Waals surface area contributed by atoms with Crippen LogP contribution in [0.5, 0.6) is 0 Å². The maximum atomic E-state index is 12.9. The Morgan fingerprint density at radius 3 is 2.41 bits per heavy atom. The molecule has 2 N–H and O–H groups in total. The van der Waals surface area contributed by atoms with Crippen LogP contribution in [0.3, 0.4) is 0 Å². The molecule has 2 aromatic rings. The molecule has 0 saturated heterocycles. The van der Waals surface area contributed by atoms with E-state index >= 15 is 0 Å². The minimum absolute atomic E-state index is 0.0866. The summed E-state index contributed by atoms with van der Waals surface area (Å²) in [6, 6.07) is 10.4. The number of carbonyl (C=O) groups excluding carboxylic acids is 2. The van der Waals surface area contributed by atoms with Crippen molar-refractivity contribution in [1.82, 2.24) is 4.90 Å². The molecule has 0 saturated carbocycles. The Morgan fingerprint density at radius 1 is 1.15 bits per heavy atom. The molecular weight excluding hydrogens is 355 g/mol. The monoisotopic (exact) mass is 374 g/mol. The first-order valence-electron chi connectivity index (χ1n) is 8.08. The summed E-state index contributed by atoms with van der Waals surface area (Å²) in [4.78, 5) is 36.3. The minimum Gasteiger partial charge on any atom is -0.325 e. The summed E-state index contributed by atoms with van der Waals surface area (Å²) < 4.78 is 12.9. The van der Waals surface area contributed by atoms with Gasteiger partial charge in [0.15, 0.2) is 0 Å². The van der Waals surface area contributed by atoms with Gasteiger partial charge in [-0.1, -0.05) is 12.1 Å². The average Bonchev–Trinajstić information content (AvgIpc) is 2.63. The number of nitro benzene ring substituents is 1. The minimum atomic E-state index is -0.719. The predicted octanol–water partition coefficient (Wildman–Crippen LogP) is 2.63. The topological polar surface area (TPSA) is 105 Å². The fourth-order valence-corrected chi connectivity index (χ4v) is 2.27. The lowest BCUT2D eigenvalue weighted by Crippen LogP contribution is -2.43. The molecule has 9 heteroatoms. The highest BCUT2D eigenvalue weighted by molar-refractivity contribution is 5.97. The highest BCUT2D eigenvalue weighted by Crippen LogP contribution is 2.23. The van der Waals surface area contributed by atoms with Gasteiger partial charge < -0.3 is 10.6 Å². The van der Waals surface area contributed by atoms with E-state index in [-0.39, 0.29) is 23.8 Å². The molecule has 0 aromatic heterocycles. The number of nitrogens with zero attached hydrogens (tertiary/aromatic N) is 2. The number of likely N-dealkylation sites (N-methyl/N-ethyl adjacent to an activating group) is 1. The molecule has 2 amide bonds. The van der Waals surface area contributed by atoms with E-state index < -0.39 is 22.7 Å². The van der Waals surface area contributed by atoms with Gasteiger partial charge in [0, 0.05) is 11.8 Å². The number of carbonyl (C=O) groups is 2. The molecule has 0 fully saturated rings. The van der Waals surface area contributed by atoms with Gasteiger partial charge in [-0.05, 0) is 44.3 Å².